The SMILES string of the molecule is CCC(NC(=O)c1nc(N)nc(N(C)C)n1)c1ccncc1. The summed E-state index contributed by atoms with van der Waals surface area (Å²) >= 11 is 0. The largest absolute Gasteiger partial charge is 0.368 e. The molecule has 3 N–H and O–H groups in total. The Labute approximate surface area is 128 Å². The average molecular weight is 301 g/mol. The molecule has 0 fully saturated rings. The molecule has 1 atom stereocenters. The van der Waals surface area contributed by atoms with Crippen LogP contribution in [0.3, 0.4) is 0 Å². The summed E-state index contributed by atoms with van der Waals surface area (Å²) in [4.78, 5) is 30.0. The van der Waals surface area contributed by atoms with Crippen LogP contribution < -0.4 is 16.0 Å². The van der Waals surface area contributed by atoms with Gasteiger partial charge in [-0.05, 0) is 24.1 Å². The van der Waals surface area contributed by atoms with Crippen LogP contribution in [0.4, 0.5) is 11.9 Å². The van der Waals surface area contributed by atoms with E-state index in [9.17, 15) is 4.79 Å². The summed E-state index contributed by atoms with van der Waals surface area (Å²) in [5.41, 5.74) is 6.61. The van der Waals surface area contributed by atoms with E-state index in [2.05, 4.69) is 25.3 Å². The second kappa shape index (κ2) is 6.79. The molecule has 0 saturated heterocycles. The number of nitrogens with zero attached hydrogens (tertiary/aromatic N) is 5. The first-order valence-electron chi connectivity index (χ1n) is 6.91. The third-order valence-electron chi connectivity index (χ3n) is 3.07. The minimum Gasteiger partial charge on any atom is -0.368 e. The monoisotopic (exact) mass is 301 g/mol. The van der Waals surface area contributed by atoms with Gasteiger partial charge in [0, 0.05) is 26.5 Å². The van der Waals surface area contributed by atoms with E-state index in [1.165, 1.54) is 0 Å². The first kappa shape index (κ1) is 15.6. The number of amides is 1. The van der Waals surface area contributed by atoms with E-state index < -0.39 is 0 Å². The smallest absolute Gasteiger partial charge is 0.289 e. The Morgan fingerprint density at radius 1 is 1.27 bits per heavy atom. The van der Waals surface area contributed by atoms with Gasteiger partial charge in [0.05, 0.1) is 6.04 Å². The lowest BCUT2D eigenvalue weighted by atomic mass is 10.1. The van der Waals surface area contributed by atoms with Crippen molar-refractivity contribution >= 4 is 17.8 Å². The molecule has 2 aromatic heterocycles. The highest BCUT2D eigenvalue weighted by Gasteiger charge is 2.18. The van der Waals surface area contributed by atoms with Crippen LogP contribution in [-0.4, -0.2) is 39.9 Å². The van der Waals surface area contributed by atoms with Crippen LogP contribution >= 0.6 is 0 Å². The molecule has 22 heavy (non-hydrogen) atoms. The molecule has 0 aromatic carbocycles. The lowest BCUT2D eigenvalue weighted by Gasteiger charge is -2.17. The fourth-order valence-corrected chi connectivity index (χ4v) is 1.92. The predicted molar refractivity (Wildman–Crippen MR) is 83.3 cm³/mol. The zero-order valence-corrected chi connectivity index (χ0v) is 12.8. The van der Waals surface area contributed by atoms with Gasteiger partial charge in [-0.25, -0.2) is 0 Å². The lowest BCUT2D eigenvalue weighted by molar-refractivity contribution is 0.0925. The van der Waals surface area contributed by atoms with Crippen molar-refractivity contribution in [1.82, 2.24) is 25.3 Å². The van der Waals surface area contributed by atoms with Crippen molar-refractivity contribution in [1.29, 1.82) is 0 Å². The number of pyridine rings is 1. The molecule has 8 heteroatoms. The Bertz CT molecular complexity index is 645. The van der Waals surface area contributed by atoms with Gasteiger partial charge in [-0.15, -0.1) is 0 Å². The molecule has 0 saturated carbocycles. The molecule has 2 aromatic rings. The molecule has 1 amide bonds. The third kappa shape index (κ3) is 3.66. The van der Waals surface area contributed by atoms with Crippen molar-refractivity contribution in [3.63, 3.8) is 0 Å². The van der Waals surface area contributed by atoms with Crippen LogP contribution in [0, 0.1) is 0 Å². The van der Waals surface area contributed by atoms with Gasteiger partial charge in [0.2, 0.25) is 17.7 Å². The van der Waals surface area contributed by atoms with Gasteiger partial charge in [-0.1, -0.05) is 6.92 Å². The molecular formula is C14H19N7O. The Morgan fingerprint density at radius 2 is 1.95 bits per heavy atom. The summed E-state index contributed by atoms with van der Waals surface area (Å²) in [6.07, 6.45) is 4.11. The Morgan fingerprint density at radius 3 is 2.55 bits per heavy atom. The predicted octanol–water partition coefficient (Wildman–Crippen LogP) is 0.796. The highest BCUT2D eigenvalue weighted by atomic mass is 16.2. The molecule has 0 aliphatic carbocycles. The summed E-state index contributed by atoms with van der Waals surface area (Å²) < 4.78 is 0. The van der Waals surface area contributed by atoms with E-state index in [0.717, 1.165) is 12.0 Å². The van der Waals surface area contributed by atoms with Gasteiger partial charge in [0.25, 0.3) is 5.91 Å². The molecule has 0 spiro atoms. The fraction of sp³-hybridized carbons (Fsp3) is 0.357. The Hall–Kier alpha value is -2.77. The molecular weight excluding hydrogens is 282 g/mol. The van der Waals surface area contributed by atoms with E-state index >= 15 is 0 Å². The standard InChI is InChI=1S/C14H19N7O/c1-4-10(9-5-7-16-8-6-9)17-12(22)11-18-13(15)20-14(19-11)21(2)3/h5-8,10H,4H2,1-3H3,(H,17,22)(H2,15,18,19,20). The quantitative estimate of drug-likeness (QED) is 0.840. The number of carbonyl (C=O) groups excluding carboxylic acids is 1. The molecule has 2 heterocycles. The Balaban J connectivity index is 2.21. The number of hydrogen-bond acceptors (Lipinski definition) is 7. The van der Waals surface area contributed by atoms with E-state index in [0.29, 0.717) is 5.95 Å². The minimum atomic E-state index is -0.388. The summed E-state index contributed by atoms with van der Waals surface area (Å²) in [5.74, 6) is -0.0278. The average Bonchev–Trinajstić information content (AvgIpc) is 2.52. The van der Waals surface area contributed by atoms with Crippen molar-refractivity contribution in [2.75, 3.05) is 24.7 Å². The molecule has 2 rings (SSSR count). The maximum atomic E-state index is 12.4. The number of rotatable bonds is 5. The van der Waals surface area contributed by atoms with E-state index in [1.54, 1.807) is 31.4 Å². The highest BCUT2D eigenvalue weighted by molar-refractivity contribution is 5.91. The van der Waals surface area contributed by atoms with Crippen LogP contribution in [0.2, 0.25) is 0 Å². The van der Waals surface area contributed by atoms with Crippen LogP contribution in [0.5, 0.6) is 0 Å². The number of nitrogen functional groups attached to an aromatic ring is 1. The van der Waals surface area contributed by atoms with Crippen molar-refractivity contribution < 1.29 is 4.79 Å². The minimum absolute atomic E-state index is 0.00343. The first-order valence-corrected chi connectivity index (χ1v) is 6.91. The lowest BCUT2D eigenvalue weighted by Crippen LogP contribution is -2.30. The number of aromatic nitrogens is 4. The molecule has 0 aliphatic rings. The third-order valence-corrected chi connectivity index (χ3v) is 3.07. The fourth-order valence-electron chi connectivity index (χ4n) is 1.92. The zero-order valence-electron chi connectivity index (χ0n) is 12.8. The second-order valence-corrected chi connectivity index (χ2v) is 4.93. The summed E-state index contributed by atoms with van der Waals surface area (Å²) in [5, 5.41) is 2.90. The molecule has 0 aliphatic heterocycles. The van der Waals surface area contributed by atoms with Crippen molar-refractivity contribution in [3.8, 4) is 0 Å². The van der Waals surface area contributed by atoms with Gasteiger partial charge in [-0.3, -0.25) is 9.78 Å². The van der Waals surface area contributed by atoms with Crippen LogP contribution in [0.25, 0.3) is 0 Å². The maximum Gasteiger partial charge on any atom is 0.289 e. The number of carbonyl (C=O) groups is 1. The number of nitrogens with one attached hydrogen (secondary N) is 1. The molecule has 0 radical (unpaired) electrons. The van der Waals surface area contributed by atoms with Gasteiger partial charge in [-0.2, -0.15) is 15.0 Å². The number of anilines is 2. The van der Waals surface area contributed by atoms with Crippen LogP contribution in [-0.2, 0) is 0 Å². The molecule has 8 nitrogen and oxygen atoms in total. The second-order valence-electron chi connectivity index (χ2n) is 4.93. The normalized spacial score (nSPS) is 11.8. The molecule has 116 valence electrons. The molecule has 0 bridgehead atoms. The summed E-state index contributed by atoms with van der Waals surface area (Å²) in [6.45, 7) is 1.98. The summed E-state index contributed by atoms with van der Waals surface area (Å²) in [6, 6.07) is 3.58. The van der Waals surface area contributed by atoms with Gasteiger partial charge in [0.1, 0.15) is 0 Å². The van der Waals surface area contributed by atoms with E-state index in [4.69, 9.17) is 5.73 Å². The van der Waals surface area contributed by atoms with Crippen molar-refractivity contribution in [3.05, 3.63) is 35.9 Å². The summed E-state index contributed by atoms with van der Waals surface area (Å²) in [7, 11) is 3.53. The Kier molecular flexibility index (Phi) is 4.82. The van der Waals surface area contributed by atoms with Crippen molar-refractivity contribution in [2.45, 2.75) is 19.4 Å². The zero-order chi connectivity index (χ0) is 16.1. The molecule has 1 unspecified atom stereocenters. The van der Waals surface area contributed by atoms with Crippen LogP contribution in [0.15, 0.2) is 24.5 Å². The van der Waals surface area contributed by atoms with E-state index in [1.807, 2.05) is 19.1 Å². The maximum absolute atomic E-state index is 12.4. The topological polar surface area (TPSA) is 110 Å². The van der Waals surface area contributed by atoms with Gasteiger partial charge >= 0.3 is 0 Å². The van der Waals surface area contributed by atoms with E-state index in [-0.39, 0.29) is 23.7 Å². The van der Waals surface area contributed by atoms with Gasteiger partial charge < -0.3 is 16.0 Å². The van der Waals surface area contributed by atoms with Crippen LogP contribution in [0.1, 0.15) is 35.6 Å². The highest BCUT2D eigenvalue weighted by Crippen LogP contribution is 2.16. The van der Waals surface area contributed by atoms with Crippen molar-refractivity contribution in [2.24, 2.45) is 0 Å². The number of nitrogens with two attached hydrogens (primary N) is 1. The van der Waals surface area contributed by atoms with Gasteiger partial charge in [0.15, 0.2) is 0 Å². The number of hydrogen-bond donors (Lipinski definition) is 2. The first-order chi connectivity index (χ1) is 10.5.